The Balaban J connectivity index is 1.51. The molecule has 1 saturated heterocycles. The summed E-state index contributed by atoms with van der Waals surface area (Å²) >= 11 is 1.60. The number of amides is 1. The van der Waals surface area contributed by atoms with E-state index in [1.54, 1.807) is 35.6 Å². The molecule has 3 aromatic carbocycles. The minimum absolute atomic E-state index is 0.0121. The van der Waals surface area contributed by atoms with Crippen LogP contribution in [0.5, 0.6) is 5.75 Å². The van der Waals surface area contributed by atoms with Crippen molar-refractivity contribution in [2.24, 2.45) is 5.92 Å². The van der Waals surface area contributed by atoms with Crippen molar-refractivity contribution >= 4 is 48.3 Å². The molecular weight excluding hydrogens is 569 g/mol. The molecule has 0 saturated carbocycles. The number of aromatic nitrogens is 1. The van der Waals surface area contributed by atoms with E-state index in [-0.39, 0.29) is 16.6 Å². The predicted molar refractivity (Wildman–Crippen MR) is 167 cm³/mol. The van der Waals surface area contributed by atoms with Gasteiger partial charge in [-0.2, -0.15) is 0 Å². The molecule has 7 nitrogen and oxygen atoms in total. The number of carbonyl (C=O) groups excluding carboxylic acids is 1. The van der Waals surface area contributed by atoms with Crippen LogP contribution in [-0.4, -0.2) is 38.6 Å². The lowest BCUT2D eigenvalue weighted by molar-refractivity contribution is 0.0243. The Kier molecular flexibility index (Phi) is 7.74. The van der Waals surface area contributed by atoms with E-state index in [4.69, 9.17) is 14.5 Å². The Morgan fingerprint density at radius 3 is 2.48 bits per heavy atom. The number of aryl methyl sites for hydroxylation is 2. The Morgan fingerprint density at radius 1 is 1.02 bits per heavy atom. The van der Waals surface area contributed by atoms with Gasteiger partial charge >= 0.3 is 0 Å². The maximum atomic E-state index is 14.0. The molecule has 0 aliphatic carbocycles. The van der Waals surface area contributed by atoms with E-state index in [0.717, 1.165) is 38.9 Å². The molecule has 0 bridgehead atoms. The first kappa shape index (κ1) is 28.3. The Labute approximate surface area is 249 Å². The smallest absolute Gasteiger partial charge is 0.265 e. The van der Waals surface area contributed by atoms with Crippen LogP contribution in [-0.2, 0) is 14.8 Å². The fourth-order valence-corrected chi connectivity index (χ4v) is 7.73. The number of ether oxygens (including phenoxy) is 2. The standard InChI is InChI=1S/C33H32N2O5S2/c1-20-13-14-28(40-22(3)23-15-17-39-18-16-23)30-26(33(36)35-42(37,38)24-9-5-4-6-10-24)19-27(34-31(20)30)32-21(2)25-11-7-8-12-29(25)41-32/h4-14,19,22-23H,15-18H2,1-3H3,(H,35,36)/t22-/m1/s1. The van der Waals surface area contributed by atoms with E-state index in [1.807, 2.05) is 45.0 Å². The van der Waals surface area contributed by atoms with Gasteiger partial charge in [0.2, 0.25) is 0 Å². The van der Waals surface area contributed by atoms with Crippen molar-refractivity contribution in [2.75, 3.05) is 13.2 Å². The van der Waals surface area contributed by atoms with Crippen LogP contribution < -0.4 is 9.46 Å². The lowest BCUT2D eigenvalue weighted by Crippen LogP contribution is -2.31. The number of rotatable bonds is 7. The van der Waals surface area contributed by atoms with Crippen LogP contribution in [0.4, 0.5) is 0 Å². The first-order valence-corrected chi connectivity index (χ1v) is 16.3. The third-order valence-corrected chi connectivity index (χ3v) is 10.6. The molecule has 1 fully saturated rings. The number of hydrogen-bond donors (Lipinski definition) is 1. The number of thiophene rings is 1. The van der Waals surface area contributed by atoms with E-state index < -0.39 is 15.9 Å². The molecule has 42 heavy (non-hydrogen) atoms. The SMILES string of the molecule is Cc1c(-c2cc(C(=O)NS(=O)(=O)c3ccccc3)c3c(O[C@H](C)C4CCOCC4)ccc(C)c3n2)sc2ccccc12. The maximum Gasteiger partial charge on any atom is 0.265 e. The fraction of sp³-hybridized carbons (Fsp3) is 0.273. The van der Waals surface area contributed by atoms with Gasteiger partial charge in [0.1, 0.15) is 5.75 Å². The van der Waals surface area contributed by atoms with Crippen molar-refractivity contribution < 1.29 is 22.7 Å². The molecule has 216 valence electrons. The zero-order valence-corrected chi connectivity index (χ0v) is 25.3. The van der Waals surface area contributed by atoms with E-state index in [0.29, 0.717) is 41.5 Å². The van der Waals surface area contributed by atoms with Gasteiger partial charge in [0.25, 0.3) is 15.9 Å². The van der Waals surface area contributed by atoms with E-state index >= 15 is 0 Å². The van der Waals surface area contributed by atoms with Gasteiger partial charge in [0.15, 0.2) is 0 Å². The van der Waals surface area contributed by atoms with Crippen molar-refractivity contribution in [3.63, 3.8) is 0 Å². The van der Waals surface area contributed by atoms with Crippen LogP contribution in [0.2, 0.25) is 0 Å². The highest BCUT2D eigenvalue weighted by atomic mass is 32.2. The van der Waals surface area contributed by atoms with Crippen molar-refractivity contribution in [1.82, 2.24) is 9.71 Å². The zero-order valence-electron chi connectivity index (χ0n) is 23.7. The van der Waals surface area contributed by atoms with Crippen LogP contribution in [0, 0.1) is 19.8 Å². The van der Waals surface area contributed by atoms with Crippen molar-refractivity contribution in [3.05, 3.63) is 89.5 Å². The average molecular weight is 601 g/mol. The summed E-state index contributed by atoms with van der Waals surface area (Å²) in [6, 6.07) is 21.5. The first-order valence-electron chi connectivity index (χ1n) is 14.0. The number of benzene rings is 3. The number of sulfonamides is 1. The summed E-state index contributed by atoms with van der Waals surface area (Å²) in [4.78, 5) is 20.0. The van der Waals surface area contributed by atoms with Gasteiger partial charge in [-0.1, -0.05) is 42.5 Å². The van der Waals surface area contributed by atoms with E-state index in [2.05, 4.69) is 16.9 Å². The highest BCUT2D eigenvalue weighted by Crippen LogP contribution is 2.41. The van der Waals surface area contributed by atoms with E-state index in [1.165, 1.54) is 12.1 Å². The molecule has 6 rings (SSSR count). The molecular formula is C33H32N2O5S2. The molecule has 9 heteroatoms. The van der Waals surface area contributed by atoms with Gasteiger partial charge in [-0.25, -0.2) is 18.1 Å². The molecule has 1 aliphatic rings. The van der Waals surface area contributed by atoms with Crippen LogP contribution in [0.3, 0.4) is 0 Å². The molecule has 0 radical (unpaired) electrons. The van der Waals surface area contributed by atoms with Crippen molar-refractivity contribution in [1.29, 1.82) is 0 Å². The Morgan fingerprint density at radius 2 is 1.74 bits per heavy atom. The molecule has 5 aromatic rings. The summed E-state index contributed by atoms with van der Waals surface area (Å²) in [7, 11) is -4.12. The van der Waals surface area contributed by atoms with E-state index in [9.17, 15) is 13.2 Å². The summed E-state index contributed by atoms with van der Waals surface area (Å²) in [5.41, 5.74) is 3.33. The average Bonchev–Trinajstić information content (AvgIpc) is 3.35. The molecule has 0 unspecified atom stereocenters. The molecule has 0 spiro atoms. The number of nitrogens with one attached hydrogen (secondary N) is 1. The summed E-state index contributed by atoms with van der Waals surface area (Å²) in [5.74, 6) is 0.0728. The van der Waals surface area contributed by atoms with Crippen LogP contribution >= 0.6 is 11.3 Å². The molecule has 1 atom stereocenters. The van der Waals surface area contributed by atoms with Gasteiger partial charge in [-0.3, -0.25) is 4.79 Å². The number of carbonyl (C=O) groups is 1. The second-order valence-corrected chi connectivity index (χ2v) is 13.5. The van der Waals surface area contributed by atoms with Crippen molar-refractivity contribution in [2.45, 2.75) is 44.6 Å². The zero-order chi connectivity index (χ0) is 29.4. The van der Waals surface area contributed by atoms with Crippen LogP contribution in [0.1, 0.15) is 41.3 Å². The molecule has 1 aliphatic heterocycles. The minimum atomic E-state index is -4.12. The second kappa shape index (κ2) is 11.5. The van der Waals surface area contributed by atoms with Crippen LogP contribution in [0.25, 0.3) is 31.6 Å². The second-order valence-electron chi connectivity index (χ2n) is 10.7. The van der Waals surface area contributed by atoms with Gasteiger partial charge < -0.3 is 9.47 Å². The van der Waals surface area contributed by atoms with Crippen LogP contribution in [0.15, 0.2) is 77.7 Å². The lowest BCUT2D eigenvalue weighted by atomic mass is 9.94. The van der Waals surface area contributed by atoms with Gasteiger partial charge in [0.05, 0.1) is 38.0 Å². The summed E-state index contributed by atoms with van der Waals surface area (Å²) in [6.45, 7) is 7.39. The predicted octanol–water partition coefficient (Wildman–Crippen LogP) is 7.05. The largest absolute Gasteiger partial charge is 0.490 e. The number of nitrogens with zero attached hydrogens (tertiary/aromatic N) is 1. The Hall–Kier alpha value is -3.79. The summed E-state index contributed by atoms with van der Waals surface area (Å²) in [5, 5.41) is 1.62. The summed E-state index contributed by atoms with van der Waals surface area (Å²) < 4.78 is 41.9. The lowest BCUT2D eigenvalue weighted by Gasteiger charge is -2.29. The highest BCUT2D eigenvalue weighted by molar-refractivity contribution is 7.90. The molecule has 1 amide bonds. The third-order valence-electron chi connectivity index (χ3n) is 7.97. The molecule has 3 heterocycles. The normalized spacial score (nSPS) is 15.1. The topological polar surface area (TPSA) is 94.6 Å². The molecule has 1 N–H and O–H groups in total. The third kappa shape index (κ3) is 5.40. The fourth-order valence-electron chi connectivity index (χ4n) is 5.57. The Bertz CT molecular complexity index is 1890. The first-order chi connectivity index (χ1) is 20.2. The maximum absolute atomic E-state index is 14.0. The quantitative estimate of drug-likeness (QED) is 0.215. The summed E-state index contributed by atoms with van der Waals surface area (Å²) in [6.07, 6.45) is 1.65. The molecule has 2 aromatic heterocycles. The minimum Gasteiger partial charge on any atom is -0.490 e. The number of hydrogen-bond acceptors (Lipinski definition) is 7. The van der Waals surface area contributed by atoms with Gasteiger partial charge in [-0.05, 0) is 86.4 Å². The van der Waals surface area contributed by atoms with Gasteiger partial charge in [0, 0.05) is 17.9 Å². The number of fused-ring (bicyclic) bond motifs is 2. The number of pyridine rings is 1. The highest BCUT2D eigenvalue weighted by Gasteiger charge is 2.27. The van der Waals surface area contributed by atoms with Crippen molar-refractivity contribution in [3.8, 4) is 16.3 Å². The monoisotopic (exact) mass is 600 g/mol. The van der Waals surface area contributed by atoms with Gasteiger partial charge in [-0.15, -0.1) is 11.3 Å².